The van der Waals surface area contributed by atoms with Gasteiger partial charge in [0, 0.05) is 24.4 Å². The minimum absolute atomic E-state index is 0.0199. The second-order valence-corrected chi connectivity index (χ2v) is 8.98. The summed E-state index contributed by atoms with van der Waals surface area (Å²) in [6.45, 7) is 3.41. The number of nitrogens with zero attached hydrogens (tertiary/aromatic N) is 3. The van der Waals surface area contributed by atoms with Gasteiger partial charge in [0.15, 0.2) is 0 Å². The van der Waals surface area contributed by atoms with E-state index in [9.17, 15) is 9.59 Å². The smallest absolute Gasteiger partial charge is 0.264 e. The van der Waals surface area contributed by atoms with Crippen molar-refractivity contribution in [1.29, 1.82) is 0 Å². The maximum Gasteiger partial charge on any atom is 0.264 e. The molecule has 134 valence electrons. The molecule has 0 spiro atoms. The molecule has 0 aliphatic carbocycles. The molecular weight excluding hydrogens is 366 g/mol. The normalized spacial score (nSPS) is 19.4. The maximum absolute atomic E-state index is 13.3. The molecule has 0 radical (unpaired) electrons. The van der Waals surface area contributed by atoms with Gasteiger partial charge in [0.25, 0.3) is 11.5 Å². The van der Waals surface area contributed by atoms with Crippen LogP contribution in [0.3, 0.4) is 0 Å². The molecule has 0 N–H and O–H groups in total. The van der Waals surface area contributed by atoms with E-state index in [2.05, 4.69) is 16.4 Å². The van der Waals surface area contributed by atoms with Crippen LogP contribution in [0, 0.1) is 6.92 Å². The molecule has 2 aliphatic rings. The van der Waals surface area contributed by atoms with Crippen LogP contribution in [0.5, 0.6) is 0 Å². The van der Waals surface area contributed by atoms with E-state index in [1.807, 2.05) is 17.9 Å². The lowest BCUT2D eigenvalue weighted by Gasteiger charge is -2.23. The Morgan fingerprint density at radius 1 is 1.31 bits per heavy atom. The number of amides is 1. The van der Waals surface area contributed by atoms with Crippen LogP contribution >= 0.6 is 22.7 Å². The van der Waals surface area contributed by atoms with Gasteiger partial charge in [-0.1, -0.05) is 6.07 Å². The van der Waals surface area contributed by atoms with Crippen molar-refractivity contribution >= 4 is 38.8 Å². The average Bonchev–Trinajstić information content (AvgIpc) is 3.41. The summed E-state index contributed by atoms with van der Waals surface area (Å²) in [4.78, 5) is 35.5. The van der Waals surface area contributed by atoms with Gasteiger partial charge in [0.05, 0.1) is 16.3 Å². The van der Waals surface area contributed by atoms with Crippen LogP contribution in [-0.4, -0.2) is 26.9 Å². The number of aryl methyl sites for hydroxylation is 2. The van der Waals surface area contributed by atoms with Crippen LogP contribution in [0.25, 0.3) is 10.2 Å². The van der Waals surface area contributed by atoms with E-state index in [4.69, 9.17) is 0 Å². The summed E-state index contributed by atoms with van der Waals surface area (Å²) in [6, 6.07) is 4.31. The highest BCUT2D eigenvalue weighted by Gasteiger charge is 2.33. The van der Waals surface area contributed by atoms with E-state index in [1.165, 1.54) is 16.2 Å². The van der Waals surface area contributed by atoms with Gasteiger partial charge in [-0.25, -0.2) is 4.98 Å². The molecule has 5 nitrogen and oxygen atoms in total. The molecular formula is C19H19N3O2S2. The van der Waals surface area contributed by atoms with Crippen molar-refractivity contribution in [3.63, 3.8) is 0 Å². The quantitative estimate of drug-likeness (QED) is 0.675. The molecule has 1 atom stereocenters. The summed E-state index contributed by atoms with van der Waals surface area (Å²) in [5.41, 5.74) is 0.818. The van der Waals surface area contributed by atoms with Crippen LogP contribution in [0.4, 0.5) is 0 Å². The third-order valence-corrected chi connectivity index (χ3v) is 7.64. The zero-order chi connectivity index (χ0) is 17.8. The van der Waals surface area contributed by atoms with Gasteiger partial charge in [-0.15, -0.1) is 22.7 Å². The molecule has 1 fully saturated rings. The van der Waals surface area contributed by atoms with Crippen molar-refractivity contribution in [3.05, 3.63) is 49.0 Å². The van der Waals surface area contributed by atoms with Gasteiger partial charge in [-0.05, 0) is 43.2 Å². The zero-order valence-electron chi connectivity index (χ0n) is 14.5. The van der Waals surface area contributed by atoms with E-state index in [1.54, 1.807) is 15.9 Å². The number of fused-ring (bicyclic) bond motifs is 2. The lowest BCUT2D eigenvalue weighted by molar-refractivity contribution is 0.0742. The van der Waals surface area contributed by atoms with Gasteiger partial charge in [-0.3, -0.25) is 14.2 Å². The van der Waals surface area contributed by atoms with E-state index < -0.39 is 0 Å². The summed E-state index contributed by atoms with van der Waals surface area (Å²) < 4.78 is 1.78. The second kappa shape index (κ2) is 6.03. The van der Waals surface area contributed by atoms with Gasteiger partial charge >= 0.3 is 0 Å². The molecule has 0 saturated carbocycles. The Balaban J connectivity index is 1.59. The highest BCUT2D eigenvalue weighted by atomic mass is 32.1. The highest BCUT2D eigenvalue weighted by molar-refractivity contribution is 7.20. The van der Waals surface area contributed by atoms with Gasteiger partial charge in [-0.2, -0.15) is 0 Å². The first-order valence-electron chi connectivity index (χ1n) is 9.02. The summed E-state index contributed by atoms with van der Waals surface area (Å²) >= 11 is 3.09. The zero-order valence-corrected chi connectivity index (χ0v) is 16.2. The summed E-state index contributed by atoms with van der Waals surface area (Å²) in [6.07, 6.45) is 3.84. The predicted molar refractivity (Wildman–Crippen MR) is 104 cm³/mol. The molecule has 26 heavy (non-hydrogen) atoms. The number of rotatable bonds is 2. The lowest BCUT2D eigenvalue weighted by atomic mass is 10.1. The summed E-state index contributed by atoms with van der Waals surface area (Å²) in [7, 11) is 0. The van der Waals surface area contributed by atoms with Crippen molar-refractivity contribution in [1.82, 2.24) is 14.5 Å². The van der Waals surface area contributed by atoms with Crippen LogP contribution in [0.2, 0.25) is 0 Å². The molecule has 1 unspecified atom stereocenters. The first kappa shape index (κ1) is 16.2. The van der Waals surface area contributed by atoms with Gasteiger partial charge < -0.3 is 4.90 Å². The monoisotopic (exact) mass is 385 g/mol. The Morgan fingerprint density at radius 3 is 3.00 bits per heavy atom. The molecule has 0 aromatic carbocycles. The maximum atomic E-state index is 13.3. The number of aromatic nitrogens is 2. The summed E-state index contributed by atoms with van der Waals surface area (Å²) in [5.74, 6) is 0.909. The minimum Gasteiger partial charge on any atom is -0.330 e. The number of hydrogen-bond donors (Lipinski definition) is 0. The minimum atomic E-state index is 0.0199. The van der Waals surface area contributed by atoms with Crippen LogP contribution < -0.4 is 5.56 Å². The molecule has 5 heterocycles. The van der Waals surface area contributed by atoms with Crippen molar-refractivity contribution in [2.24, 2.45) is 0 Å². The van der Waals surface area contributed by atoms with E-state index in [0.29, 0.717) is 10.3 Å². The number of hydrogen-bond acceptors (Lipinski definition) is 5. The van der Waals surface area contributed by atoms with Crippen molar-refractivity contribution in [2.45, 2.75) is 45.2 Å². The van der Waals surface area contributed by atoms with Crippen LogP contribution in [0.1, 0.15) is 51.2 Å². The first-order valence-corrected chi connectivity index (χ1v) is 10.7. The third-order valence-electron chi connectivity index (χ3n) is 5.49. The Kier molecular flexibility index (Phi) is 3.76. The van der Waals surface area contributed by atoms with E-state index in [0.717, 1.165) is 55.0 Å². The molecule has 1 saturated heterocycles. The average molecular weight is 386 g/mol. The van der Waals surface area contributed by atoms with Crippen molar-refractivity contribution in [2.75, 3.05) is 6.54 Å². The highest BCUT2D eigenvalue weighted by Crippen LogP contribution is 2.38. The Labute approximate surface area is 158 Å². The third kappa shape index (κ3) is 2.30. The fraction of sp³-hybridized carbons (Fsp3) is 0.421. The van der Waals surface area contributed by atoms with E-state index in [-0.39, 0.29) is 17.5 Å². The fourth-order valence-electron chi connectivity index (χ4n) is 4.20. The number of thiophene rings is 2. The molecule has 1 amide bonds. The number of carbonyl (C=O) groups is 1. The molecule has 5 rings (SSSR count). The molecule has 3 aromatic rings. The standard InChI is InChI=1S/C19H19N3O2S2/c1-11-15-17(20-14-7-3-9-22(14)18(15)23)26-16(11)19(24)21-8-2-5-12(21)13-6-4-10-25-13/h4,6,10,12H,2-3,5,7-9H2,1H3. The molecule has 0 bridgehead atoms. The largest absolute Gasteiger partial charge is 0.330 e. The first-order chi connectivity index (χ1) is 12.6. The predicted octanol–water partition coefficient (Wildman–Crippen LogP) is 3.75. The number of carbonyl (C=O) groups excluding carboxylic acids is 1. The van der Waals surface area contributed by atoms with E-state index >= 15 is 0 Å². The lowest BCUT2D eigenvalue weighted by Crippen LogP contribution is -2.30. The molecule has 3 aromatic heterocycles. The molecule has 2 aliphatic heterocycles. The Morgan fingerprint density at radius 2 is 2.19 bits per heavy atom. The topological polar surface area (TPSA) is 55.2 Å². The number of likely N-dealkylation sites (tertiary alicyclic amines) is 1. The second-order valence-electron chi connectivity index (χ2n) is 7.00. The SMILES string of the molecule is Cc1c(C(=O)N2CCCC2c2cccs2)sc2nc3n(c(=O)c12)CCC3. The van der Waals surface area contributed by atoms with Crippen LogP contribution in [-0.2, 0) is 13.0 Å². The Bertz CT molecular complexity index is 1060. The fourth-order valence-corrected chi connectivity index (χ4v) is 6.22. The van der Waals surface area contributed by atoms with Gasteiger partial charge in [0.1, 0.15) is 10.7 Å². The summed E-state index contributed by atoms with van der Waals surface area (Å²) in [5, 5.41) is 2.70. The van der Waals surface area contributed by atoms with Crippen molar-refractivity contribution in [3.8, 4) is 0 Å². The Hall–Kier alpha value is -1.99. The molecule has 7 heteroatoms. The van der Waals surface area contributed by atoms with Gasteiger partial charge in [0.2, 0.25) is 0 Å². The van der Waals surface area contributed by atoms with Crippen LogP contribution in [0.15, 0.2) is 22.3 Å². The van der Waals surface area contributed by atoms with Crippen molar-refractivity contribution < 1.29 is 4.79 Å².